The van der Waals surface area contributed by atoms with E-state index < -0.39 is 0 Å². The van der Waals surface area contributed by atoms with E-state index in [1.807, 2.05) is 7.11 Å². The van der Waals surface area contributed by atoms with Crippen molar-refractivity contribution in [2.75, 3.05) is 57.7 Å². The Balaban J connectivity index is 1.08. The zero-order valence-corrected chi connectivity index (χ0v) is 29.7. The van der Waals surface area contributed by atoms with Crippen LogP contribution in [0, 0.1) is 22.7 Å². The molecule has 266 valence electrons. The van der Waals surface area contributed by atoms with Gasteiger partial charge in [0.25, 0.3) is 0 Å². The molecule has 9 heteroatoms. The number of fused-ring (bicyclic) bond motifs is 5. The number of nitrogens with one attached hydrogen (secondary N) is 2. The number of esters is 1. The number of benzene rings is 2. The van der Waals surface area contributed by atoms with Gasteiger partial charge in [0.15, 0.2) is 0 Å². The first-order valence-electron chi connectivity index (χ1n) is 19.9. The fourth-order valence-electron chi connectivity index (χ4n) is 16.8. The number of hydrogen-bond donors (Lipinski definition) is 2. The first kappa shape index (κ1) is 29.4. The predicted molar refractivity (Wildman–Crippen MR) is 190 cm³/mol. The quantitative estimate of drug-likeness (QED) is 0.432. The van der Waals surface area contributed by atoms with E-state index in [2.05, 4.69) is 62.9 Å². The number of piperidine rings is 2. The van der Waals surface area contributed by atoms with Gasteiger partial charge in [-0.15, -0.1) is 0 Å². The minimum absolute atomic E-state index is 0.0592. The van der Waals surface area contributed by atoms with Crippen LogP contribution in [-0.2, 0) is 29.8 Å². The number of para-hydroxylation sites is 2. The molecule has 13 rings (SSSR count). The number of hydrogen-bond acceptors (Lipinski definition) is 9. The maximum absolute atomic E-state index is 13.9. The van der Waals surface area contributed by atoms with Crippen molar-refractivity contribution >= 4 is 17.3 Å². The van der Waals surface area contributed by atoms with E-state index in [0.29, 0.717) is 36.4 Å². The van der Waals surface area contributed by atoms with Crippen molar-refractivity contribution in [1.82, 2.24) is 9.80 Å². The fraction of sp³-hybridized carbons (Fsp3) is 0.643. The third kappa shape index (κ3) is 2.82. The molecule has 0 aromatic heterocycles. The molecular weight excluding hydrogens is 640 g/mol. The molecule has 0 amide bonds. The monoisotopic (exact) mass is 688 g/mol. The molecule has 2 aromatic rings. The molecule has 12 atom stereocenters. The summed E-state index contributed by atoms with van der Waals surface area (Å²) in [6.45, 7) is 4.93. The second-order valence-corrected chi connectivity index (χ2v) is 18.2. The third-order valence-electron chi connectivity index (χ3n) is 17.5. The van der Waals surface area contributed by atoms with Crippen LogP contribution in [0.25, 0.3) is 0 Å². The molecule has 8 unspecified atom stereocenters. The van der Waals surface area contributed by atoms with Crippen molar-refractivity contribution in [1.29, 1.82) is 0 Å². The molecule has 0 radical (unpaired) electrons. The minimum atomic E-state index is -0.298. The Morgan fingerprint density at radius 3 is 2.69 bits per heavy atom. The van der Waals surface area contributed by atoms with Crippen LogP contribution in [0.15, 0.2) is 53.7 Å². The van der Waals surface area contributed by atoms with E-state index in [-0.39, 0.29) is 45.3 Å². The lowest BCUT2D eigenvalue weighted by Gasteiger charge is -2.67. The summed E-state index contributed by atoms with van der Waals surface area (Å²) in [5, 5.41) is 8.40. The Morgan fingerprint density at radius 2 is 1.78 bits per heavy atom. The standard InChI is InChI=1S/C42H48N4O5/c1-48-29-9-5-7-27-31(29)44-42-23(21-38-13-18-50-30(38)10-15-45-16-12-41(27,42)37(38)45)20-24-33(42)46-17-11-40-26-6-3-4-8-28(26)43-32(40)25(35(47)49-2)22-39(36(40)46)14-19-51-34(24)39/h3-9,23-24,30,33-34,36-37,43-44H,10-22H2,1-2H3/t23?,24?,30?,33?,34?,36-,37-,38+,39+,40?,41?,42?/m0/s1. The summed E-state index contributed by atoms with van der Waals surface area (Å²) in [5.41, 5.74) is 6.70. The Morgan fingerprint density at radius 1 is 0.922 bits per heavy atom. The molecule has 8 fully saturated rings. The lowest BCUT2D eigenvalue weighted by atomic mass is 9.44. The summed E-state index contributed by atoms with van der Waals surface area (Å²) in [4.78, 5) is 19.8. The van der Waals surface area contributed by atoms with Crippen LogP contribution in [0.1, 0.15) is 62.5 Å². The van der Waals surface area contributed by atoms with E-state index in [4.69, 9.17) is 18.9 Å². The van der Waals surface area contributed by atoms with Crippen molar-refractivity contribution in [2.45, 2.75) is 98.1 Å². The summed E-state index contributed by atoms with van der Waals surface area (Å²) in [5.74, 6) is 1.64. The van der Waals surface area contributed by atoms with Gasteiger partial charge in [0.05, 0.1) is 48.6 Å². The van der Waals surface area contributed by atoms with E-state index >= 15 is 0 Å². The van der Waals surface area contributed by atoms with Crippen LogP contribution < -0.4 is 15.4 Å². The average molecular weight is 689 g/mol. The first-order valence-corrected chi connectivity index (χ1v) is 19.9. The maximum atomic E-state index is 13.9. The topological polar surface area (TPSA) is 84.5 Å². The summed E-state index contributed by atoms with van der Waals surface area (Å²) in [6, 6.07) is 16.8. The highest BCUT2D eigenvalue weighted by Crippen LogP contribution is 2.79. The van der Waals surface area contributed by atoms with Gasteiger partial charge in [0.2, 0.25) is 0 Å². The molecule has 8 aliphatic heterocycles. The number of ether oxygens (including phenoxy) is 4. The second-order valence-electron chi connectivity index (χ2n) is 18.2. The van der Waals surface area contributed by atoms with Crippen LogP contribution >= 0.6 is 0 Å². The summed E-state index contributed by atoms with van der Waals surface area (Å²) >= 11 is 0. The summed E-state index contributed by atoms with van der Waals surface area (Å²) in [7, 11) is 3.40. The molecule has 8 heterocycles. The van der Waals surface area contributed by atoms with Crippen LogP contribution in [0.5, 0.6) is 5.75 Å². The Labute approximate surface area is 299 Å². The third-order valence-corrected chi connectivity index (χ3v) is 17.5. The minimum Gasteiger partial charge on any atom is -0.495 e. The molecule has 6 saturated heterocycles. The van der Waals surface area contributed by atoms with Crippen LogP contribution in [0.3, 0.4) is 0 Å². The van der Waals surface area contributed by atoms with Gasteiger partial charge in [-0.2, -0.15) is 0 Å². The van der Waals surface area contributed by atoms with Gasteiger partial charge in [-0.3, -0.25) is 9.80 Å². The SMILES string of the molecule is COC(=O)C1=C2Nc3ccccc3C23CCN2C4C(CC5C[C@]67CCOC6CCN6CCC8(c9cccc(OC)c9NC548)[C@@H]67)C4OCC[C@]4(C1)[C@H]23. The zero-order chi connectivity index (χ0) is 33.7. The van der Waals surface area contributed by atoms with Gasteiger partial charge < -0.3 is 29.6 Å². The van der Waals surface area contributed by atoms with Crippen LogP contribution in [0.2, 0.25) is 0 Å². The Hall–Kier alpha value is -3.11. The normalized spacial score (nSPS) is 48.5. The van der Waals surface area contributed by atoms with Crippen molar-refractivity contribution < 1.29 is 23.7 Å². The lowest BCUT2D eigenvalue weighted by molar-refractivity contribution is -0.152. The zero-order valence-electron chi connectivity index (χ0n) is 29.7. The maximum Gasteiger partial charge on any atom is 0.335 e. The van der Waals surface area contributed by atoms with Gasteiger partial charge >= 0.3 is 5.97 Å². The molecule has 51 heavy (non-hydrogen) atoms. The van der Waals surface area contributed by atoms with Crippen molar-refractivity contribution in [3.05, 3.63) is 64.9 Å². The smallest absolute Gasteiger partial charge is 0.335 e. The number of rotatable bonds is 2. The molecule has 9 nitrogen and oxygen atoms in total. The largest absolute Gasteiger partial charge is 0.495 e. The highest BCUT2D eigenvalue weighted by atomic mass is 16.5. The molecule has 0 bridgehead atoms. The van der Waals surface area contributed by atoms with Crippen molar-refractivity contribution in [3.8, 4) is 5.75 Å². The number of anilines is 2. The predicted octanol–water partition coefficient (Wildman–Crippen LogP) is 4.82. The highest BCUT2D eigenvalue weighted by molar-refractivity contribution is 5.93. The number of carbonyl (C=O) groups is 1. The number of carbonyl (C=O) groups excluding carboxylic acids is 1. The van der Waals surface area contributed by atoms with Crippen molar-refractivity contribution in [3.63, 3.8) is 0 Å². The molecule has 11 aliphatic rings. The van der Waals surface area contributed by atoms with Gasteiger partial charge in [-0.1, -0.05) is 30.3 Å². The van der Waals surface area contributed by atoms with Gasteiger partial charge in [0.1, 0.15) is 5.75 Å². The molecule has 2 saturated carbocycles. The Kier molecular flexibility index (Phi) is 5.27. The van der Waals surface area contributed by atoms with Gasteiger partial charge in [0, 0.05) is 78.0 Å². The average Bonchev–Trinajstić information content (AvgIpc) is 4.01. The van der Waals surface area contributed by atoms with E-state index in [1.54, 1.807) is 7.11 Å². The highest BCUT2D eigenvalue weighted by Gasteiger charge is 2.85. The van der Waals surface area contributed by atoms with Gasteiger partial charge in [-0.05, 0) is 87.1 Å². The molecule has 3 aliphatic carbocycles. The first-order chi connectivity index (χ1) is 25.0. The van der Waals surface area contributed by atoms with E-state index in [9.17, 15) is 4.79 Å². The molecule has 2 aromatic carbocycles. The second kappa shape index (κ2) is 9.15. The van der Waals surface area contributed by atoms with Crippen LogP contribution in [-0.4, -0.2) is 98.7 Å². The van der Waals surface area contributed by atoms with Gasteiger partial charge in [-0.25, -0.2) is 4.79 Å². The van der Waals surface area contributed by atoms with Crippen molar-refractivity contribution in [2.24, 2.45) is 22.7 Å². The molecule has 5 spiro atoms. The summed E-state index contributed by atoms with van der Waals surface area (Å²) < 4.78 is 25.8. The fourth-order valence-corrected chi connectivity index (χ4v) is 16.8. The van der Waals surface area contributed by atoms with Crippen LogP contribution in [0.4, 0.5) is 11.4 Å². The summed E-state index contributed by atoms with van der Waals surface area (Å²) in [6.07, 6.45) is 8.97. The van der Waals surface area contributed by atoms with E-state index in [1.165, 1.54) is 36.1 Å². The molecule has 2 N–H and O–H groups in total. The number of methoxy groups -OCH3 is 2. The Bertz CT molecular complexity index is 1980. The number of nitrogens with zero attached hydrogens (tertiary/aromatic N) is 2. The molecular formula is C42H48N4O5. The lowest BCUT2D eigenvalue weighted by Crippen LogP contribution is -2.80. The van der Waals surface area contributed by atoms with E-state index in [0.717, 1.165) is 81.2 Å².